The first kappa shape index (κ1) is 17.1. The van der Waals surface area contributed by atoms with Crippen LogP contribution in [0.15, 0.2) is 18.2 Å². The average molecular weight is 382 g/mol. The standard InChI is InChI=1S/C16H16ClN3O2S2/c1-3-4-5-12-19-20-16(24-12)18-15(21)14-13(17)10-8-9(22-2)6-7-11(10)23-14/h6-8H,3-5H2,1-2H3,(H,18,20,21). The maximum Gasteiger partial charge on any atom is 0.269 e. The molecule has 126 valence electrons. The number of hydrogen-bond acceptors (Lipinski definition) is 6. The van der Waals surface area contributed by atoms with Gasteiger partial charge in [0.15, 0.2) is 0 Å². The van der Waals surface area contributed by atoms with Gasteiger partial charge in [-0.1, -0.05) is 36.3 Å². The van der Waals surface area contributed by atoms with Gasteiger partial charge in [-0.15, -0.1) is 21.5 Å². The van der Waals surface area contributed by atoms with Gasteiger partial charge in [0, 0.05) is 16.5 Å². The van der Waals surface area contributed by atoms with Gasteiger partial charge in [0.25, 0.3) is 5.91 Å². The summed E-state index contributed by atoms with van der Waals surface area (Å²) in [4.78, 5) is 13.0. The number of fused-ring (bicyclic) bond motifs is 1. The van der Waals surface area contributed by atoms with Crippen LogP contribution in [0.25, 0.3) is 10.1 Å². The monoisotopic (exact) mass is 381 g/mol. The minimum atomic E-state index is -0.265. The van der Waals surface area contributed by atoms with Crippen molar-refractivity contribution in [2.75, 3.05) is 12.4 Å². The number of aryl methyl sites for hydroxylation is 1. The van der Waals surface area contributed by atoms with Crippen molar-refractivity contribution < 1.29 is 9.53 Å². The fraction of sp³-hybridized carbons (Fsp3) is 0.312. The highest BCUT2D eigenvalue weighted by Crippen LogP contribution is 2.37. The Kier molecular flexibility index (Phi) is 5.33. The summed E-state index contributed by atoms with van der Waals surface area (Å²) in [6.07, 6.45) is 3.04. The molecule has 2 heterocycles. The van der Waals surface area contributed by atoms with Gasteiger partial charge in [-0.05, 0) is 24.6 Å². The Hall–Kier alpha value is -1.70. The topological polar surface area (TPSA) is 64.1 Å². The number of aromatic nitrogens is 2. The van der Waals surface area contributed by atoms with E-state index in [-0.39, 0.29) is 5.91 Å². The van der Waals surface area contributed by atoms with Crippen LogP contribution in [0.2, 0.25) is 5.02 Å². The number of nitrogens with zero attached hydrogens (tertiary/aromatic N) is 2. The lowest BCUT2D eigenvalue weighted by atomic mass is 10.2. The molecule has 24 heavy (non-hydrogen) atoms. The molecule has 0 aliphatic rings. The number of carbonyl (C=O) groups excluding carboxylic acids is 1. The number of carbonyl (C=O) groups is 1. The SMILES string of the molecule is CCCCc1nnc(NC(=O)c2sc3ccc(OC)cc3c2Cl)s1. The molecule has 0 saturated carbocycles. The fourth-order valence-electron chi connectivity index (χ4n) is 2.21. The van der Waals surface area contributed by atoms with Crippen molar-refractivity contribution in [1.29, 1.82) is 0 Å². The number of anilines is 1. The van der Waals surface area contributed by atoms with Gasteiger partial charge in [0.1, 0.15) is 15.6 Å². The van der Waals surface area contributed by atoms with E-state index in [2.05, 4.69) is 22.4 Å². The van der Waals surface area contributed by atoms with Crippen LogP contribution in [-0.2, 0) is 6.42 Å². The van der Waals surface area contributed by atoms with Crippen LogP contribution >= 0.6 is 34.3 Å². The fourth-order valence-corrected chi connectivity index (χ4v) is 4.37. The molecule has 1 N–H and O–H groups in total. The molecule has 0 radical (unpaired) electrons. The average Bonchev–Trinajstić information content (AvgIpc) is 3.17. The lowest BCUT2D eigenvalue weighted by Gasteiger charge is -1.99. The Bertz CT molecular complexity index is 875. The molecule has 0 saturated heterocycles. The summed E-state index contributed by atoms with van der Waals surface area (Å²) < 4.78 is 6.14. The number of ether oxygens (including phenoxy) is 1. The van der Waals surface area contributed by atoms with Crippen LogP contribution in [0.5, 0.6) is 5.75 Å². The van der Waals surface area contributed by atoms with Gasteiger partial charge in [-0.3, -0.25) is 10.1 Å². The van der Waals surface area contributed by atoms with E-state index < -0.39 is 0 Å². The normalized spacial score (nSPS) is 11.0. The van der Waals surface area contributed by atoms with Gasteiger partial charge in [0.2, 0.25) is 5.13 Å². The number of methoxy groups -OCH3 is 1. The molecule has 0 fully saturated rings. The molecule has 0 bridgehead atoms. The number of nitrogens with one attached hydrogen (secondary N) is 1. The van der Waals surface area contributed by atoms with Crippen LogP contribution in [0.3, 0.4) is 0 Å². The molecular formula is C16H16ClN3O2S2. The third-order valence-electron chi connectivity index (χ3n) is 3.47. The first-order valence-electron chi connectivity index (χ1n) is 7.52. The Morgan fingerprint density at radius 2 is 2.17 bits per heavy atom. The summed E-state index contributed by atoms with van der Waals surface area (Å²) in [5.74, 6) is 0.442. The third-order valence-corrected chi connectivity index (χ3v) is 6.04. The Morgan fingerprint density at radius 3 is 2.92 bits per heavy atom. The second kappa shape index (κ2) is 7.46. The van der Waals surface area contributed by atoms with E-state index >= 15 is 0 Å². The first-order chi connectivity index (χ1) is 11.6. The minimum Gasteiger partial charge on any atom is -0.497 e. The van der Waals surface area contributed by atoms with Crippen molar-refractivity contribution in [3.63, 3.8) is 0 Å². The largest absolute Gasteiger partial charge is 0.497 e. The lowest BCUT2D eigenvalue weighted by molar-refractivity contribution is 0.103. The summed E-state index contributed by atoms with van der Waals surface area (Å²) >= 11 is 9.13. The van der Waals surface area contributed by atoms with Crippen LogP contribution in [0.1, 0.15) is 34.4 Å². The zero-order valence-corrected chi connectivity index (χ0v) is 15.6. The van der Waals surface area contributed by atoms with Crippen LogP contribution in [0, 0.1) is 0 Å². The molecule has 0 aliphatic carbocycles. The highest BCUT2D eigenvalue weighted by atomic mass is 35.5. The maximum atomic E-state index is 12.5. The zero-order valence-electron chi connectivity index (χ0n) is 13.3. The number of hydrogen-bond donors (Lipinski definition) is 1. The van der Waals surface area contributed by atoms with E-state index in [1.54, 1.807) is 7.11 Å². The molecule has 1 amide bonds. The van der Waals surface area contributed by atoms with E-state index in [1.165, 1.54) is 22.7 Å². The molecule has 0 spiro atoms. The number of halogens is 1. The number of amides is 1. The van der Waals surface area contributed by atoms with Crippen molar-refractivity contribution >= 4 is 55.4 Å². The first-order valence-corrected chi connectivity index (χ1v) is 9.53. The second-order valence-corrected chi connectivity index (χ2v) is 7.66. The lowest BCUT2D eigenvalue weighted by Crippen LogP contribution is -2.10. The van der Waals surface area contributed by atoms with E-state index in [0.29, 0.717) is 20.8 Å². The van der Waals surface area contributed by atoms with Gasteiger partial charge in [-0.2, -0.15) is 0 Å². The van der Waals surface area contributed by atoms with Crippen molar-refractivity contribution in [3.8, 4) is 5.75 Å². The Morgan fingerprint density at radius 1 is 1.33 bits per heavy atom. The number of unbranched alkanes of at least 4 members (excludes halogenated alkanes) is 1. The second-order valence-electron chi connectivity index (χ2n) is 5.17. The highest BCUT2D eigenvalue weighted by molar-refractivity contribution is 7.22. The van der Waals surface area contributed by atoms with Crippen LogP contribution in [0.4, 0.5) is 5.13 Å². The summed E-state index contributed by atoms with van der Waals surface area (Å²) in [5, 5.41) is 13.6. The smallest absolute Gasteiger partial charge is 0.269 e. The van der Waals surface area contributed by atoms with Gasteiger partial charge in [0.05, 0.1) is 12.1 Å². The van der Waals surface area contributed by atoms with Gasteiger partial charge in [-0.25, -0.2) is 0 Å². The van der Waals surface area contributed by atoms with E-state index in [0.717, 1.165) is 34.4 Å². The molecule has 1 aromatic carbocycles. The Labute approximate surface area is 152 Å². The van der Waals surface area contributed by atoms with Crippen molar-refractivity contribution in [1.82, 2.24) is 10.2 Å². The Balaban J connectivity index is 1.81. The molecule has 2 aromatic heterocycles. The molecule has 0 aliphatic heterocycles. The quantitative estimate of drug-likeness (QED) is 0.651. The summed E-state index contributed by atoms with van der Waals surface area (Å²) in [7, 11) is 1.60. The minimum absolute atomic E-state index is 0.265. The summed E-state index contributed by atoms with van der Waals surface area (Å²) in [6.45, 7) is 2.13. The van der Waals surface area contributed by atoms with Crippen molar-refractivity contribution in [2.24, 2.45) is 0 Å². The van der Waals surface area contributed by atoms with Crippen molar-refractivity contribution in [2.45, 2.75) is 26.2 Å². The van der Waals surface area contributed by atoms with Gasteiger partial charge < -0.3 is 4.74 Å². The number of benzene rings is 1. The predicted octanol–water partition coefficient (Wildman–Crippen LogP) is 5.01. The molecular weight excluding hydrogens is 366 g/mol. The van der Waals surface area contributed by atoms with Crippen LogP contribution < -0.4 is 10.1 Å². The summed E-state index contributed by atoms with van der Waals surface area (Å²) in [5.41, 5.74) is 0. The molecule has 0 atom stereocenters. The van der Waals surface area contributed by atoms with Crippen LogP contribution in [-0.4, -0.2) is 23.2 Å². The zero-order chi connectivity index (χ0) is 17.1. The molecule has 3 aromatic rings. The molecule has 5 nitrogen and oxygen atoms in total. The predicted molar refractivity (Wildman–Crippen MR) is 99.9 cm³/mol. The van der Waals surface area contributed by atoms with E-state index in [1.807, 2.05) is 18.2 Å². The molecule has 3 rings (SSSR count). The van der Waals surface area contributed by atoms with Gasteiger partial charge >= 0.3 is 0 Å². The number of rotatable bonds is 6. The molecule has 0 unspecified atom stereocenters. The highest BCUT2D eigenvalue weighted by Gasteiger charge is 2.19. The van der Waals surface area contributed by atoms with E-state index in [9.17, 15) is 4.79 Å². The molecule has 8 heteroatoms. The maximum absolute atomic E-state index is 12.5. The van der Waals surface area contributed by atoms with E-state index in [4.69, 9.17) is 16.3 Å². The third kappa shape index (κ3) is 3.53. The number of thiophene rings is 1. The van der Waals surface area contributed by atoms with Crippen molar-refractivity contribution in [3.05, 3.63) is 33.1 Å². The summed E-state index contributed by atoms with van der Waals surface area (Å²) in [6, 6.07) is 5.58.